The van der Waals surface area contributed by atoms with E-state index in [1.807, 2.05) is 43.1 Å². The number of rotatable bonds is 11. The monoisotopic (exact) mass is 685 g/mol. The molecule has 14 heteroatoms. The first kappa shape index (κ1) is 33.4. The third-order valence-electron chi connectivity index (χ3n) is 9.93. The SMILES string of the molecule is CCO/N=C1\C(=O)C(CCn2cc(CN3CCN(c4c(F)cc5c(=O)c(C(=O)O)cn(C6CC6)c5c4OC)CC3C)nn2)c2ccc(C)cc21. The quantitative estimate of drug-likeness (QED) is 0.227. The van der Waals surface area contributed by atoms with E-state index in [0.29, 0.717) is 57.0 Å². The van der Waals surface area contributed by atoms with Crippen LogP contribution in [-0.4, -0.2) is 86.4 Å². The number of aryl methyl sites for hydroxylation is 2. The van der Waals surface area contributed by atoms with Crippen molar-refractivity contribution >= 4 is 34.1 Å². The van der Waals surface area contributed by atoms with Crippen molar-refractivity contribution in [3.05, 3.63) is 80.6 Å². The summed E-state index contributed by atoms with van der Waals surface area (Å²) >= 11 is 0. The summed E-state index contributed by atoms with van der Waals surface area (Å²) in [6.45, 7) is 8.90. The van der Waals surface area contributed by atoms with Crippen LogP contribution in [0.5, 0.6) is 5.75 Å². The van der Waals surface area contributed by atoms with Gasteiger partial charge in [-0.2, -0.15) is 0 Å². The van der Waals surface area contributed by atoms with E-state index >= 15 is 4.39 Å². The van der Waals surface area contributed by atoms with E-state index < -0.39 is 17.2 Å². The van der Waals surface area contributed by atoms with Gasteiger partial charge < -0.3 is 24.1 Å². The molecule has 2 fully saturated rings. The van der Waals surface area contributed by atoms with Crippen LogP contribution in [-0.2, 0) is 22.7 Å². The number of halogens is 1. The lowest BCUT2D eigenvalue weighted by Crippen LogP contribution is -2.51. The van der Waals surface area contributed by atoms with Gasteiger partial charge in [-0.15, -0.1) is 5.10 Å². The zero-order valence-corrected chi connectivity index (χ0v) is 28.6. The molecule has 0 amide bonds. The Labute approximate surface area is 287 Å². The number of carboxylic acid groups (broad SMARTS) is 1. The predicted molar refractivity (Wildman–Crippen MR) is 184 cm³/mol. The van der Waals surface area contributed by atoms with Gasteiger partial charge in [-0.25, -0.2) is 9.18 Å². The number of carbonyl (C=O) groups excluding carboxylic acids is 1. The number of ether oxygens (including phenoxy) is 1. The number of Topliss-reactive ketones (excluding diaryl/α,β-unsaturated/α-hetero) is 1. The lowest BCUT2D eigenvalue weighted by atomic mass is 9.96. The maximum Gasteiger partial charge on any atom is 0.341 e. The molecular weight excluding hydrogens is 645 g/mol. The second kappa shape index (κ2) is 13.3. The lowest BCUT2D eigenvalue weighted by Gasteiger charge is -2.41. The van der Waals surface area contributed by atoms with Crippen molar-refractivity contribution in [2.75, 3.05) is 38.3 Å². The van der Waals surface area contributed by atoms with Crippen molar-refractivity contribution in [3.63, 3.8) is 0 Å². The second-order valence-electron chi connectivity index (χ2n) is 13.3. The molecule has 1 N–H and O–H groups in total. The van der Waals surface area contributed by atoms with Gasteiger partial charge >= 0.3 is 5.97 Å². The summed E-state index contributed by atoms with van der Waals surface area (Å²) in [5.74, 6) is -2.12. The van der Waals surface area contributed by atoms with Crippen LogP contribution >= 0.6 is 0 Å². The van der Waals surface area contributed by atoms with Crippen molar-refractivity contribution in [1.82, 2.24) is 24.5 Å². The number of aromatic carboxylic acids is 1. The number of piperazine rings is 1. The van der Waals surface area contributed by atoms with Crippen molar-refractivity contribution in [3.8, 4) is 5.75 Å². The largest absolute Gasteiger partial charge is 0.492 e. The zero-order valence-electron chi connectivity index (χ0n) is 28.6. The standard InChI is InChI=1S/C36H40FN7O6/c1-5-50-39-30-26-14-20(2)6-9-24(26)25(34(30)46)10-11-43-18-22(38-40-43)17-41-12-13-42(16-21(41)3)32-29(37)15-27-31(35(32)49-4)44(23-7-8-23)19-28(33(27)45)36(47)48/h6,9,14-15,18-19,21,23,25H,5,7-8,10-13,16-17H2,1-4H3,(H,47,48)/b39-30-. The number of benzene rings is 2. The Hall–Kier alpha value is -5.11. The molecule has 7 rings (SSSR count). The first-order valence-corrected chi connectivity index (χ1v) is 17.0. The van der Waals surface area contributed by atoms with Crippen LogP contribution < -0.4 is 15.1 Å². The fourth-order valence-corrected chi connectivity index (χ4v) is 7.28. The van der Waals surface area contributed by atoms with E-state index in [1.165, 1.54) is 13.3 Å². The second-order valence-corrected chi connectivity index (χ2v) is 13.3. The number of methoxy groups -OCH3 is 1. The van der Waals surface area contributed by atoms with Crippen molar-refractivity contribution in [2.45, 2.75) is 71.1 Å². The summed E-state index contributed by atoms with van der Waals surface area (Å²) in [7, 11) is 1.45. The third-order valence-corrected chi connectivity index (χ3v) is 9.93. The minimum Gasteiger partial charge on any atom is -0.492 e. The first-order chi connectivity index (χ1) is 24.1. The molecule has 0 bridgehead atoms. The fraction of sp³-hybridized carbons (Fsp3) is 0.444. The summed E-state index contributed by atoms with van der Waals surface area (Å²) < 4.78 is 25.2. The number of anilines is 1. The van der Waals surface area contributed by atoms with Gasteiger partial charge in [-0.1, -0.05) is 28.1 Å². The molecule has 3 heterocycles. The summed E-state index contributed by atoms with van der Waals surface area (Å²) in [4.78, 5) is 47.7. The number of carboxylic acids is 1. The first-order valence-electron chi connectivity index (χ1n) is 17.0. The number of nitrogens with zero attached hydrogens (tertiary/aromatic N) is 7. The maximum atomic E-state index is 15.9. The molecule has 0 radical (unpaired) electrons. The Bertz CT molecular complexity index is 2090. The van der Waals surface area contributed by atoms with Gasteiger partial charge in [0.05, 0.1) is 29.6 Å². The molecule has 262 valence electrons. The maximum absolute atomic E-state index is 15.9. The number of carbonyl (C=O) groups is 2. The number of aromatic nitrogens is 4. The molecule has 1 aliphatic heterocycles. The summed E-state index contributed by atoms with van der Waals surface area (Å²) in [6, 6.07) is 7.17. The highest BCUT2D eigenvalue weighted by Crippen LogP contribution is 2.44. The Balaban J connectivity index is 1.05. The molecule has 2 aromatic heterocycles. The predicted octanol–water partition coefficient (Wildman–Crippen LogP) is 4.29. The van der Waals surface area contributed by atoms with Crippen molar-refractivity contribution in [2.24, 2.45) is 5.16 Å². The summed E-state index contributed by atoms with van der Waals surface area (Å²) in [5.41, 5.74) is 3.56. The van der Waals surface area contributed by atoms with E-state index in [2.05, 4.69) is 27.3 Å². The zero-order chi connectivity index (χ0) is 35.3. The lowest BCUT2D eigenvalue weighted by molar-refractivity contribution is -0.114. The molecule has 2 aliphatic carbocycles. The van der Waals surface area contributed by atoms with Gasteiger partial charge in [-0.05, 0) is 57.7 Å². The van der Waals surface area contributed by atoms with Crippen LogP contribution in [0.15, 0.2) is 46.6 Å². The van der Waals surface area contributed by atoms with Crippen molar-refractivity contribution in [1.29, 1.82) is 0 Å². The highest BCUT2D eigenvalue weighted by atomic mass is 19.1. The number of hydrogen-bond acceptors (Lipinski definition) is 10. The van der Waals surface area contributed by atoms with E-state index in [1.54, 1.807) is 9.25 Å². The number of fused-ring (bicyclic) bond motifs is 2. The summed E-state index contributed by atoms with van der Waals surface area (Å²) in [6.07, 6.45) is 5.48. The van der Waals surface area contributed by atoms with Gasteiger partial charge in [0.25, 0.3) is 0 Å². The van der Waals surface area contributed by atoms with Gasteiger partial charge in [-0.3, -0.25) is 19.2 Å². The van der Waals surface area contributed by atoms with Crippen LogP contribution in [0.3, 0.4) is 0 Å². The molecule has 1 saturated carbocycles. The molecule has 2 aromatic carbocycles. The number of hydrogen-bond donors (Lipinski definition) is 1. The molecule has 1 saturated heterocycles. The van der Waals surface area contributed by atoms with Gasteiger partial charge in [0, 0.05) is 62.8 Å². The third kappa shape index (κ3) is 6.01. The van der Waals surface area contributed by atoms with Crippen molar-refractivity contribution < 1.29 is 28.7 Å². The number of pyridine rings is 1. The molecule has 13 nitrogen and oxygen atoms in total. The molecule has 2 atom stereocenters. The molecular formula is C36H40FN7O6. The average Bonchev–Trinajstić information content (AvgIpc) is 3.78. The molecule has 3 aliphatic rings. The van der Waals surface area contributed by atoms with Gasteiger partial charge in [0.15, 0.2) is 23.1 Å². The summed E-state index contributed by atoms with van der Waals surface area (Å²) in [5, 5.41) is 22.5. The van der Waals surface area contributed by atoms with E-state index in [4.69, 9.17) is 9.57 Å². The minimum atomic E-state index is -1.34. The van der Waals surface area contributed by atoms with Gasteiger partial charge in [0.2, 0.25) is 5.43 Å². The Morgan fingerprint density at radius 3 is 2.66 bits per heavy atom. The van der Waals surface area contributed by atoms with Crippen LogP contribution in [0, 0.1) is 12.7 Å². The van der Waals surface area contributed by atoms with E-state index in [0.717, 1.165) is 41.3 Å². The van der Waals surface area contributed by atoms with Crippen LogP contribution in [0.25, 0.3) is 10.9 Å². The number of ketones is 1. The Morgan fingerprint density at radius 1 is 1.16 bits per heavy atom. The molecule has 2 unspecified atom stereocenters. The molecule has 50 heavy (non-hydrogen) atoms. The topological polar surface area (TPSA) is 144 Å². The number of oxime groups is 1. The van der Waals surface area contributed by atoms with Crippen LogP contribution in [0.2, 0.25) is 0 Å². The van der Waals surface area contributed by atoms with Crippen LogP contribution in [0.4, 0.5) is 10.1 Å². The van der Waals surface area contributed by atoms with E-state index in [-0.39, 0.29) is 46.2 Å². The minimum absolute atomic E-state index is 0.000329. The van der Waals surface area contributed by atoms with Gasteiger partial charge in [0.1, 0.15) is 17.9 Å². The highest BCUT2D eigenvalue weighted by molar-refractivity contribution is 6.51. The molecule has 0 spiro atoms. The Morgan fingerprint density at radius 2 is 1.96 bits per heavy atom. The highest BCUT2D eigenvalue weighted by Gasteiger charge is 2.37. The smallest absolute Gasteiger partial charge is 0.341 e. The average molecular weight is 686 g/mol. The Kier molecular flexibility index (Phi) is 8.89. The molecule has 4 aromatic rings. The van der Waals surface area contributed by atoms with E-state index in [9.17, 15) is 19.5 Å². The van der Waals surface area contributed by atoms with Crippen LogP contribution in [0.1, 0.15) is 77.8 Å². The fourth-order valence-electron chi connectivity index (χ4n) is 7.28. The normalized spacial score (nSPS) is 20.1.